The van der Waals surface area contributed by atoms with Gasteiger partial charge in [-0.05, 0) is 36.8 Å². The molecular formula is C20H22N2O2S. The number of nitrogens with zero attached hydrogens (tertiary/aromatic N) is 1. The minimum Gasteiger partial charge on any atom is -0.497 e. The second kappa shape index (κ2) is 8.65. The van der Waals surface area contributed by atoms with Crippen molar-refractivity contribution in [1.29, 1.82) is 0 Å². The van der Waals surface area contributed by atoms with Crippen molar-refractivity contribution in [3.05, 3.63) is 75.7 Å². The van der Waals surface area contributed by atoms with Crippen LogP contribution < -0.4 is 14.8 Å². The Hall–Kier alpha value is -2.37. The molecule has 25 heavy (non-hydrogen) atoms. The summed E-state index contributed by atoms with van der Waals surface area (Å²) in [4.78, 5) is 4.61. The molecule has 4 nitrogen and oxygen atoms in total. The lowest BCUT2D eigenvalue weighted by Crippen LogP contribution is -2.13. The third kappa shape index (κ3) is 5.31. The summed E-state index contributed by atoms with van der Waals surface area (Å²) in [6.45, 7) is 4.12. The second-order valence-corrected chi connectivity index (χ2v) is 6.73. The van der Waals surface area contributed by atoms with Crippen LogP contribution in [0.15, 0.2) is 53.9 Å². The Morgan fingerprint density at radius 2 is 1.68 bits per heavy atom. The van der Waals surface area contributed by atoms with E-state index in [0.29, 0.717) is 6.61 Å². The highest BCUT2D eigenvalue weighted by Gasteiger charge is 2.03. The van der Waals surface area contributed by atoms with E-state index in [9.17, 15) is 0 Å². The molecular weight excluding hydrogens is 332 g/mol. The number of aryl methyl sites for hydroxylation is 1. The Kier molecular flexibility index (Phi) is 6.04. The first kappa shape index (κ1) is 17.5. The van der Waals surface area contributed by atoms with Gasteiger partial charge in [-0.2, -0.15) is 0 Å². The largest absolute Gasteiger partial charge is 0.497 e. The number of hydrogen-bond acceptors (Lipinski definition) is 5. The predicted molar refractivity (Wildman–Crippen MR) is 101 cm³/mol. The molecule has 0 aliphatic carbocycles. The van der Waals surface area contributed by atoms with E-state index in [4.69, 9.17) is 9.47 Å². The van der Waals surface area contributed by atoms with Crippen molar-refractivity contribution >= 4 is 11.3 Å². The highest BCUT2D eigenvalue weighted by molar-refractivity contribution is 7.09. The van der Waals surface area contributed by atoms with Crippen LogP contribution in [0.5, 0.6) is 11.5 Å². The van der Waals surface area contributed by atoms with E-state index in [1.807, 2.05) is 36.4 Å². The molecule has 1 aromatic heterocycles. The highest BCUT2D eigenvalue weighted by atomic mass is 32.1. The summed E-state index contributed by atoms with van der Waals surface area (Å²) in [6.07, 6.45) is 0. The van der Waals surface area contributed by atoms with Crippen LogP contribution in [0.2, 0.25) is 0 Å². The fourth-order valence-corrected chi connectivity index (χ4v) is 3.06. The molecule has 0 aliphatic rings. The highest BCUT2D eigenvalue weighted by Crippen LogP contribution is 2.16. The zero-order chi connectivity index (χ0) is 17.5. The maximum Gasteiger partial charge on any atom is 0.140 e. The summed E-state index contributed by atoms with van der Waals surface area (Å²) in [7, 11) is 1.68. The number of hydrogen-bond donors (Lipinski definition) is 1. The second-order valence-electron chi connectivity index (χ2n) is 5.79. The Bertz CT molecular complexity index is 782. The molecule has 130 valence electrons. The summed E-state index contributed by atoms with van der Waals surface area (Å²) in [5, 5.41) is 6.48. The van der Waals surface area contributed by atoms with Gasteiger partial charge in [0.05, 0.1) is 12.8 Å². The fraction of sp³-hybridized carbons (Fsp3) is 0.250. The van der Waals surface area contributed by atoms with Gasteiger partial charge < -0.3 is 14.8 Å². The van der Waals surface area contributed by atoms with E-state index in [2.05, 4.69) is 34.7 Å². The summed E-state index contributed by atoms with van der Waals surface area (Å²) in [6, 6.07) is 16.1. The molecule has 0 fully saturated rings. The van der Waals surface area contributed by atoms with E-state index in [0.717, 1.165) is 35.3 Å². The van der Waals surface area contributed by atoms with Crippen molar-refractivity contribution in [1.82, 2.24) is 10.3 Å². The van der Waals surface area contributed by atoms with E-state index >= 15 is 0 Å². The third-order valence-corrected chi connectivity index (χ3v) is 4.65. The summed E-state index contributed by atoms with van der Waals surface area (Å²) in [5.74, 6) is 1.75. The zero-order valence-electron chi connectivity index (χ0n) is 14.5. The van der Waals surface area contributed by atoms with Crippen molar-refractivity contribution < 1.29 is 9.47 Å². The van der Waals surface area contributed by atoms with E-state index in [1.54, 1.807) is 18.4 Å². The van der Waals surface area contributed by atoms with Crippen LogP contribution in [-0.2, 0) is 19.7 Å². The van der Waals surface area contributed by atoms with Crippen LogP contribution in [0.1, 0.15) is 21.8 Å². The van der Waals surface area contributed by atoms with Crippen LogP contribution in [0.25, 0.3) is 0 Å². The monoisotopic (exact) mass is 354 g/mol. The first-order valence-corrected chi connectivity index (χ1v) is 9.07. The van der Waals surface area contributed by atoms with Gasteiger partial charge in [-0.15, -0.1) is 11.3 Å². The van der Waals surface area contributed by atoms with Gasteiger partial charge in [-0.1, -0.05) is 29.8 Å². The number of ether oxygens (including phenoxy) is 2. The molecule has 0 unspecified atom stereocenters. The third-order valence-electron chi connectivity index (χ3n) is 3.78. The molecule has 5 heteroatoms. The molecule has 0 saturated carbocycles. The molecule has 0 bridgehead atoms. The van der Waals surface area contributed by atoms with Crippen LogP contribution in [0.3, 0.4) is 0 Å². The first-order chi connectivity index (χ1) is 12.2. The van der Waals surface area contributed by atoms with Crippen LogP contribution in [0, 0.1) is 6.92 Å². The van der Waals surface area contributed by atoms with Gasteiger partial charge in [0.1, 0.15) is 23.1 Å². The first-order valence-electron chi connectivity index (χ1n) is 8.19. The molecule has 0 aliphatic heterocycles. The maximum atomic E-state index is 5.77. The van der Waals surface area contributed by atoms with E-state index in [-0.39, 0.29) is 0 Å². The van der Waals surface area contributed by atoms with Gasteiger partial charge in [0.15, 0.2) is 0 Å². The van der Waals surface area contributed by atoms with E-state index in [1.165, 1.54) is 11.1 Å². The lowest BCUT2D eigenvalue weighted by Gasteiger charge is -2.05. The SMILES string of the molecule is COc1ccc(CNCc2csc(COc3ccc(C)cc3)n2)cc1. The molecule has 0 atom stereocenters. The van der Waals surface area contributed by atoms with Gasteiger partial charge in [0.2, 0.25) is 0 Å². The molecule has 0 spiro atoms. The number of aromatic nitrogens is 1. The van der Waals surface area contributed by atoms with Gasteiger partial charge in [-0.25, -0.2) is 4.98 Å². The van der Waals surface area contributed by atoms with Crippen molar-refractivity contribution in [2.75, 3.05) is 7.11 Å². The van der Waals surface area contributed by atoms with Crippen LogP contribution in [0.4, 0.5) is 0 Å². The van der Waals surface area contributed by atoms with Crippen molar-refractivity contribution in [3.63, 3.8) is 0 Å². The van der Waals surface area contributed by atoms with Crippen LogP contribution in [-0.4, -0.2) is 12.1 Å². The van der Waals surface area contributed by atoms with Gasteiger partial charge in [0.25, 0.3) is 0 Å². The molecule has 0 radical (unpaired) electrons. The minimum atomic E-state index is 0.506. The van der Waals surface area contributed by atoms with Crippen LogP contribution >= 0.6 is 11.3 Å². The predicted octanol–water partition coefficient (Wildman–Crippen LogP) is 4.33. The Balaban J connectivity index is 1.44. The van der Waals surface area contributed by atoms with Crippen molar-refractivity contribution in [2.45, 2.75) is 26.6 Å². The van der Waals surface area contributed by atoms with Gasteiger partial charge >= 0.3 is 0 Å². The average molecular weight is 354 g/mol. The molecule has 0 amide bonds. The Morgan fingerprint density at radius 1 is 0.960 bits per heavy atom. The lowest BCUT2D eigenvalue weighted by molar-refractivity contribution is 0.305. The topological polar surface area (TPSA) is 43.4 Å². The summed E-state index contributed by atoms with van der Waals surface area (Å²) < 4.78 is 10.9. The van der Waals surface area contributed by atoms with Crippen molar-refractivity contribution in [3.8, 4) is 11.5 Å². The average Bonchev–Trinajstić information content (AvgIpc) is 3.10. The lowest BCUT2D eigenvalue weighted by atomic mass is 10.2. The number of benzene rings is 2. The number of nitrogens with one attached hydrogen (secondary N) is 1. The number of rotatable bonds is 8. The maximum absolute atomic E-state index is 5.77. The van der Waals surface area contributed by atoms with E-state index < -0.39 is 0 Å². The van der Waals surface area contributed by atoms with Gasteiger partial charge in [-0.3, -0.25) is 0 Å². The fourth-order valence-electron chi connectivity index (χ4n) is 2.35. The van der Waals surface area contributed by atoms with Crippen molar-refractivity contribution in [2.24, 2.45) is 0 Å². The standard InChI is InChI=1S/C20H22N2O2S/c1-15-3-7-19(8-4-15)24-13-20-22-17(14-25-20)12-21-11-16-5-9-18(23-2)10-6-16/h3-10,14,21H,11-13H2,1-2H3. The Labute approximate surface area is 152 Å². The number of thiazole rings is 1. The molecule has 3 aromatic rings. The molecule has 2 aromatic carbocycles. The molecule has 0 saturated heterocycles. The molecule has 1 N–H and O–H groups in total. The summed E-state index contributed by atoms with van der Waals surface area (Å²) in [5.41, 5.74) is 3.49. The number of methoxy groups -OCH3 is 1. The Morgan fingerprint density at radius 3 is 2.40 bits per heavy atom. The zero-order valence-corrected chi connectivity index (χ0v) is 15.3. The minimum absolute atomic E-state index is 0.506. The molecule has 3 rings (SSSR count). The van der Waals surface area contributed by atoms with Gasteiger partial charge in [0, 0.05) is 18.5 Å². The summed E-state index contributed by atoms with van der Waals surface area (Å²) >= 11 is 1.63. The smallest absolute Gasteiger partial charge is 0.140 e. The molecule has 1 heterocycles. The normalized spacial score (nSPS) is 10.6. The quantitative estimate of drug-likeness (QED) is 0.654.